The van der Waals surface area contributed by atoms with Crippen molar-refractivity contribution >= 4 is 11.9 Å². The van der Waals surface area contributed by atoms with Crippen molar-refractivity contribution in [3.05, 3.63) is 18.5 Å². The van der Waals surface area contributed by atoms with Crippen molar-refractivity contribution in [2.24, 2.45) is 4.99 Å². The van der Waals surface area contributed by atoms with Crippen LogP contribution in [-0.2, 0) is 0 Å². The first-order chi connectivity index (χ1) is 10.8. The number of aliphatic imine (C=N–C) groups is 1. The van der Waals surface area contributed by atoms with Crippen LogP contribution >= 0.6 is 0 Å². The molecular weight excluding hydrogens is 278 g/mol. The number of anilines is 1. The fraction of sp³-hybridized carbons (Fsp3) is 0.667. The molecule has 2 N–H and O–H groups in total. The van der Waals surface area contributed by atoms with E-state index in [9.17, 15) is 0 Å². The van der Waals surface area contributed by atoms with Gasteiger partial charge in [-0.3, -0.25) is 9.89 Å². The summed E-state index contributed by atoms with van der Waals surface area (Å²) >= 11 is 0. The highest BCUT2D eigenvalue weighted by Gasteiger charge is 2.22. The highest BCUT2D eigenvalue weighted by atomic mass is 15.3. The Labute approximate surface area is 131 Å². The molecule has 0 atom stereocenters. The molecule has 0 bridgehead atoms. The van der Waals surface area contributed by atoms with Crippen molar-refractivity contribution in [2.45, 2.75) is 18.9 Å². The van der Waals surface area contributed by atoms with Gasteiger partial charge >= 0.3 is 0 Å². The minimum Gasteiger partial charge on any atom is -0.355 e. The van der Waals surface area contributed by atoms with Gasteiger partial charge in [-0.1, -0.05) is 0 Å². The Balaban J connectivity index is 1.35. The van der Waals surface area contributed by atoms with Gasteiger partial charge in [0.05, 0.1) is 0 Å². The number of nitrogens with one attached hydrogen (secondary N) is 2. The lowest BCUT2D eigenvalue weighted by Crippen LogP contribution is -2.49. The zero-order valence-electron chi connectivity index (χ0n) is 13.2. The van der Waals surface area contributed by atoms with Crippen molar-refractivity contribution in [3.63, 3.8) is 0 Å². The quantitative estimate of drug-likeness (QED) is 0.586. The lowest BCUT2D eigenvalue weighted by atomic mass is 10.3. The number of hydrogen-bond acceptors (Lipinski definition) is 5. The summed E-state index contributed by atoms with van der Waals surface area (Å²) in [5.74, 6) is 1.77. The summed E-state index contributed by atoms with van der Waals surface area (Å²) in [5, 5.41) is 6.79. The van der Waals surface area contributed by atoms with Gasteiger partial charge in [-0.15, -0.1) is 0 Å². The van der Waals surface area contributed by atoms with Crippen molar-refractivity contribution in [1.29, 1.82) is 0 Å². The summed E-state index contributed by atoms with van der Waals surface area (Å²) in [4.78, 5) is 17.6. The average Bonchev–Trinajstić information content (AvgIpc) is 3.39. The predicted molar refractivity (Wildman–Crippen MR) is 88.2 cm³/mol. The van der Waals surface area contributed by atoms with Crippen LogP contribution in [0.1, 0.15) is 12.8 Å². The first kappa shape index (κ1) is 15.0. The van der Waals surface area contributed by atoms with Crippen LogP contribution in [0, 0.1) is 0 Å². The molecular formula is C15H25N7. The van der Waals surface area contributed by atoms with E-state index in [0.29, 0.717) is 6.04 Å². The number of piperazine rings is 1. The minimum atomic E-state index is 0.639. The van der Waals surface area contributed by atoms with Gasteiger partial charge in [-0.05, 0) is 18.9 Å². The Hall–Kier alpha value is -1.89. The van der Waals surface area contributed by atoms with Crippen LogP contribution in [0.25, 0.3) is 0 Å². The van der Waals surface area contributed by atoms with E-state index in [1.165, 1.54) is 12.8 Å². The Morgan fingerprint density at radius 3 is 2.59 bits per heavy atom. The molecule has 120 valence electrons. The van der Waals surface area contributed by atoms with Crippen molar-refractivity contribution in [3.8, 4) is 0 Å². The third-order valence-electron chi connectivity index (χ3n) is 4.07. The van der Waals surface area contributed by atoms with Gasteiger partial charge < -0.3 is 15.5 Å². The number of guanidine groups is 1. The van der Waals surface area contributed by atoms with Gasteiger partial charge in [0.25, 0.3) is 0 Å². The number of nitrogens with zero attached hydrogens (tertiary/aromatic N) is 5. The van der Waals surface area contributed by atoms with E-state index in [1.54, 1.807) is 12.4 Å². The highest BCUT2D eigenvalue weighted by molar-refractivity contribution is 5.80. The maximum Gasteiger partial charge on any atom is 0.225 e. The zero-order valence-corrected chi connectivity index (χ0v) is 13.2. The van der Waals surface area contributed by atoms with E-state index in [4.69, 9.17) is 0 Å². The summed E-state index contributed by atoms with van der Waals surface area (Å²) in [7, 11) is 1.83. The van der Waals surface area contributed by atoms with Crippen LogP contribution in [0.15, 0.2) is 23.5 Å². The second-order valence-electron chi connectivity index (χ2n) is 5.80. The van der Waals surface area contributed by atoms with Crippen LogP contribution in [0.3, 0.4) is 0 Å². The molecule has 3 rings (SSSR count). The molecule has 1 aliphatic carbocycles. The molecule has 0 amide bonds. The van der Waals surface area contributed by atoms with E-state index >= 15 is 0 Å². The molecule has 2 heterocycles. The van der Waals surface area contributed by atoms with Gasteiger partial charge in [-0.25, -0.2) is 9.97 Å². The third kappa shape index (κ3) is 4.30. The fourth-order valence-electron chi connectivity index (χ4n) is 2.57. The van der Waals surface area contributed by atoms with E-state index < -0.39 is 0 Å². The van der Waals surface area contributed by atoms with Crippen LogP contribution in [0.2, 0.25) is 0 Å². The van der Waals surface area contributed by atoms with E-state index in [-0.39, 0.29) is 0 Å². The Bertz CT molecular complexity index is 478. The lowest BCUT2D eigenvalue weighted by Gasteiger charge is -2.34. The second-order valence-corrected chi connectivity index (χ2v) is 5.80. The number of aromatic nitrogens is 2. The summed E-state index contributed by atoms with van der Waals surface area (Å²) in [6, 6.07) is 2.49. The minimum absolute atomic E-state index is 0.639. The number of rotatable bonds is 5. The second kappa shape index (κ2) is 7.40. The molecule has 1 aromatic heterocycles. The highest BCUT2D eigenvalue weighted by Crippen LogP contribution is 2.18. The maximum absolute atomic E-state index is 4.32. The van der Waals surface area contributed by atoms with Gasteiger partial charge in [-0.2, -0.15) is 0 Å². The Morgan fingerprint density at radius 2 is 1.95 bits per heavy atom. The standard InChI is InChI=1S/C15H25N7/c1-16-14(20-13-3-4-13)17-7-8-21-9-11-22(12-10-21)15-18-5-2-6-19-15/h2,5-6,13H,3-4,7-12H2,1H3,(H2,16,17,20). The van der Waals surface area contributed by atoms with E-state index in [0.717, 1.165) is 51.2 Å². The first-order valence-corrected chi connectivity index (χ1v) is 8.06. The number of hydrogen-bond donors (Lipinski definition) is 2. The van der Waals surface area contributed by atoms with E-state index in [1.807, 2.05) is 13.1 Å². The Morgan fingerprint density at radius 1 is 1.23 bits per heavy atom. The smallest absolute Gasteiger partial charge is 0.225 e. The molecule has 22 heavy (non-hydrogen) atoms. The average molecular weight is 303 g/mol. The van der Waals surface area contributed by atoms with Gasteiger partial charge in [0.2, 0.25) is 5.95 Å². The van der Waals surface area contributed by atoms with Gasteiger partial charge in [0.1, 0.15) is 0 Å². The molecule has 1 aromatic rings. The van der Waals surface area contributed by atoms with Crippen LogP contribution in [-0.4, -0.2) is 73.2 Å². The predicted octanol–water partition coefficient (Wildman–Crippen LogP) is -0.0740. The molecule has 7 nitrogen and oxygen atoms in total. The molecule has 7 heteroatoms. The monoisotopic (exact) mass is 303 g/mol. The lowest BCUT2D eigenvalue weighted by molar-refractivity contribution is 0.260. The Kier molecular flexibility index (Phi) is 5.05. The van der Waals surface area contributed by atoms with E-state index in [2.05, 4.69) is 35.4 Å². The molecule has 2 fully saturated rings. The van der Waals surface area contributed by atoms with Crippen LogP contribution in [0.4, 0.5) is 5.95 Å². The molecule has 1 saturated heterocycles. The molecule has 0 radical (unpaired) electrons. The topological polar surface area (TPSA) is 68.7 Å². The SMILES string of the molecule is CN=C(NCCN1CCN(c2ncccn2)CC1)NC1CC1. The molecule has 0 spiro atoms. The summed E-state index contributed by atoms with van der Waals surface area (Å²) in [6.45, 7) is 6.03. The molecule has 2 aliphatic rings. The molecule has 0 unspecified atom stereocenters. The van der Waals surface area contributed by atoms with Gasteiger partial charge in [0.15, 0.2) is 5.96 Å². The molecule has 1 aliphatic heterocycles. The summed E-state index contributed by atoms with van der Waals surface area (Å²) < 4.78 is 0. The third-order valence-corrected chi connectivity index (χ3v) is 4.07. The largest absolute Gasteiger partial charge is 0.355 e. The van der Waals surface area contributed by atoms with Crippen LogP contribution < -0.4 is 15.5 Å². The molecule has 0 aromatic carbocycles. The van der Waals surface area contributed by atoms with Crippen molar-refractivity contribution in [1.82, 2.24) is 25.5 Å². The normalized spacial score (nSPS) is 20.0. The molecule has 1 saturated carbocycles. The maximum atomic E-state index is 4.32. The van der Waals surface area contributed by atoms with Crippen molar-refractivity contribution in [2.75, 3.05) is 51.2 Å². The summed E-state index contributed by atoms with van der Waals surface area (Å²) in [6.07, 6.45) is 6.14. The van der Waals surface area contributed by atoms with Crippen molar-refractivity contribution < 1.29 is 0 Å². The summed E-state index contributed by atoms with van der Waals surface area (Å²) in [5.41, 5.74) is 0. The fourth-order valence-corrected chi connectivity index (χ4v) is 2.57. The van der Waals surface area contributed by atoms with Crippen LogP contribution in [0.5, 0.6) is 0 Å². The zero-order chi connectivity index (χ0) is 15.2. The van der Waals surface area contributed by atoms with Gasteiger partial charge in [0, 0.05) is 64.8 Å². The first-order valence-electron chi connectivity index (χ1n) is 8.06.